The number of hydrogen-bond donors (Lipinski definition) is 4. The van der Waals surface area contributed by atoms with Gasteiger partial charge in [-0.25, -0.2) is 9.59 Å². The number of fused-ring (bicyclic) bond motifs is 2. The topological polar surface area (TPSA) is 201 Å². The molecule has 0 saturated heterocycles. The van der Waals surface area contributed by atoms with Crippen LogP contribution in [-0.2, 0) is 19.1 Å². The summed E-state index contributed by atoms with van der Waals surface area (Å²) < 4.78 is 21.8. The van der Waals surface area contributed by atoms with Crippen LogP contribution in [0.1, 0.15) is 114 Å². The average molecular weight is 861 g/mol. The fraction of sp³-hybridized carbons (Fsp3) is 0.522. The minimum atomic E-state index is -0.728. The maximum Gasteiger partial charge on any atom is 0.410 e. The monoisotopic (exact) mass is 860 g/mol. The highest BCUT2D eigenvalue weighted by Gasteiger charge is 2.25. The summed E-state index contributed by atoms with van der Waals surface area (Å²) >= 11 is 0. The third-order valence-corrected chi connectivity index (χ3v) is 9.87. The third kappa shape index (κ3) is 14.8. The number of carbonyl (C=O) groups excluding carboxylic acids is 6. The van der Waals surface area contributed by atoms with Crippen LogP contribution in [0, 0.1) is 0 Å². The fourth-order valence-corrected chi connectivity index (χ4v) is 6.73. The second-order valence-corrected chi connectivity index (χ2v) is 17.2. The highest BCUT2D eigenvalue weighted by Crippen LogP contribution is 2.25. The zero-order valence-electron chi connectivity index (χ0n) is 37.5. The summed E-state index contributed by atoms with van der Waals surface area (Å²) in [5.74, 6) is -1.63. The molecule has 0 radical (unpaired) electrons. The van der Waals surface area contributed by atoms with Gasteiger partial charge in [-0.1, -0.05) is 25.7 Å². The third-order valence-electron chi connectivity index (χ3n) is 9.87. The number of unbranched alkanes of at least 4 members (excludes halogenated alkanes) is 5. The van der Waals surface area contributed by atoms with Crippen molar-refractivity contribution in [2.75, 3.05) is 53.5 Å². The van der Waals surface area contributed by atoms with E-state index in [4.69, 9.17) is 18.9 Å². The number of aromatic amines is 2. The lowest BCUT2D eigenvalue weighted by Gasteiger charge is -2.27. The molecule has 4 N–H and O–H groups in total. The van der Waals surface area contributed by atoms with Gasteiger partial charge in [-0.05, 0) is 104 Å². The van der Waals surface area contributed by atoms with Gasteiger partial charge < -0.3 is 49.3 Å². The van der Waals surface area contributed by atoms with Gasteiger partial charge >= 0.3 is 12.2 Å². The number of rotatable bonds is 23. The summed E-state index contributed by atoms with van der Waals surface area (Å²) in [6, 6.07) is 10.5. The number of carbonyl (C=O) groups is 6. The van der Waals surface area contributed by atoms with E-state index in [9.17, 15) is 28.8 Å². The first-order chi connectivity index (χ1) is 29.4. The largest absolute Gasteiger partial charge is 0.497 e. The van der Waals surface area contributed by atoms with Crippen LogP contribution in [0.5, 0.6) is 11.5 Å². The smallest absolute Gasteiger partial charge is 0.410 e. The number of Topliss-reactive ketones (excluding diaryl/α,β-unsaturated/α-hetero) is 2. The Morgan fingerprint density at radius 2 is 0.887 bits per heavy atom. The minimum Gasteiger partial charge on any atom is -0.497 e. The van der Waals surface area contributed by atoms with Crippen LogP contribution < -0.4 is 20.1 Å². The van der Waals surface area contributed by atoms with Crippen LogP contribution in [0.25, 0.3) is 21.8 Å². The normalized spacial score (nSPS) is 11.5. The molecule has 0 unspecified atom stereocenters. The first-order valence-electron chi connectivity index (χ1n) is 21.3. The summed E-state index contributed by atoms with van der Waals surface area (Å²) in [4.78, 5) is 86.9. The highest BCUT2D eigenvalue weighted by atomic mass is 16.6. The molecule has 16 nitrogen and oxygen atoms in total. The summed E-state index contributed by atoms with van der Waals surface area (Å²) in [6.07, 6.45) is 8.12. The highest BCUT2D eigenvalue weighted by molar-refractivity contribution is 6.45. The minimum absolute atomic E-state index is 0.201. The summed E-state index contributed by atoms with van der Waals surface area (Å²) in [5.41, 5.74) is 0.592. The predicted octanol–water partition coefficient (Wildman–Crippen LogP) is 7.56. The van der Waals surface area contributed by atoms with Crippen molar-refractivity contribution in [1.29, 1.82) is 0 Å². The van der Waals surface area contributed by atoms with Gasteiger partial charge in [0.2, 0.25) is 0 Å². The van der Waals surface area contributed by atoms with Crippen LogP contribution in [0.3, 0.4) is 0 Å². The molecule has 0 saturated carbocycles. The lowest BCUT2D eigenvalue weighted by atomic mass is 10.1. The maximum absolute atomic E-state index is 13.1. The molecule has 62 heavy (non-hydrogen) atoms. The average Bonchev–Trinajstić information content (AvgIpc) is 3.84. The molecule has 0 aliphatic heterocycles. The Morgan fingerprint density at radius 1 is 0.532 bits per heavy atom. The molecule has 2 aromatic heterocycles. The van der Waals surface area contributed by atoms with E-state index in [-0.39, 0.29) is 24.2 Å². The summed E-state index contributed by atoms with van der Waals surface area (Å²) in [6.45, 7) is 12.9. The molecule has 2 heterocycles. The number of hydrogen-bond acceptors (Lipinski definition) is 10. The van der Waals surface area contributed by atoms with Gasteiger partial charge in [0.15, 0.2) is 0 Å². The van der Waals surface area contributed by atoms with Crippen molar-refractivity contribution in [2.24, 2.45) is 0 Å². The molecule has 4 amide bonds. The number of amides is 4. The van der Waals surface area contributed by atoms with Crippen molar-refractivity contribution >= 4 is 57.4 Å². The zero-order chi connectivity index (χ0) is 45.5. The van der Waals surface area contributed by atoms with Gasteiger partial charge in [-0.2, -0.15) is 0 Å². The second-order valence-electron chi connectivity index (χ2n) is 17.2. The second kappa shape index (κ2) is 22.7. The van der Waals surface area contributed by atoms with Gasteiger partial charge in [0, 0.05) is 73.5 Å². The lowest BCUT2D eigenvalue weighted by Crippen LogP contribution is -2.39. The van der Waals surface area contributed by atoms with E-state index in [0.29, 0.717) is 72.3 Å². The van der Waals surface area contributed by atoms with Crippen molar-refractivity contribution in [3.8, 4) is 11.5 Å². The molecular weight excluding hydrogens is 797 g/mol. The van der Waals surface area contributed by atoms with Crippen LogP contribution >= 0.6 is 0 Å². The van der Waals surface area contributed by atoms with Crippen molar-refractivity contribution < 1.29 is 47.7 Å². The molecular formula is C46H64N6O10. The lowest BCUT2D eigenvalue weighted by molar-refractivity contribution is -0.117. The van der Waals surface area contributed by atoms with Crippen LogP contribution in [0.4, 0.5) is 9.59 Å². The Kier molecular flexibility index (Phi) is 17.8. The predicted molar refractivity (Wildman–Crippen MR) is 237 cm³/mol. The fourth-order valence-electron chi connectivity index (χ4n) is 6.73. The Labute approximate surface area is 363 Å². The van der Waals surface area contributed by atoms with E-state index < -0.39 is 46.8 Å². The van der Waals surface area contributed by atoms with E-state index in [1.165, 1.54) is 26.6 Å². The molecule has 0 aliphatic carbocycles. The van der Waals surface area contributed by atoms with E-state index >= 15 is 0 Å². The van der Waals surface area contributed by atoms with Crippen molar-refractivity contribution in [1.82, 2.24) is 30.4 Å². The molecule has 0 aliphatic rings. The van der Waals surface area contributed by atoms with E-state index in [1.807, 2.05) is 41.5 Å². The Balaban J connectivity index is 1.17. The number of ketones is 2. The molecule has 2 aromatic carbocycles. The number of nitrogens with one attached hydrogen (secondary N) is 4. The van der Waals surface area contributed by atoms with Crippen molar-refractivity contribution in [2.45, 2.75) is 104 Å². The van der Waals surface area contributed by atoms with E-state index in [0.717, 1.165) is 38.5 Å². The molecule has 4 aromatic rings. The van der Waals surface area contributed by atoms with E-state index in [2.05, 4.69) is 20.6 Å². The molecule has 0 spiro atoms. The van der Waals surface area contributed by atoms with E-state index in [1.54, 1.807) is 46.2 Å². The number of benzene rings is 2. The van der Waals surface area contributed by atoms with Gasteiger partial charge in [0.25, 0.3) is 23.4 Å². The maximum atomic E-state index is 13.1. The molecule has 338 valence electrons. The number of H-pyrrole nitrogens is 2. The Bertz CT molecular complexity index is 2010. The van der Waals surface area contributed by atoms with Gasteiger partial charge in [-0.3, -0.25) is 19.2 Å². The Morgan fingerprint density at radius 3 is 1.24 bits per heavy atom. The zero-order valence-corrected chi connectivity index (χ0v) is 37.5. The number of nitrogens with zero attached hydrogens (tertiary/aromatic N) is 2. The molecule has 0 atom stereocenters. The van der Waals surface area contributed by atoms with Crippen LogP contribution in [-0.4, -0.2) is 120 Å². The first-order valence-corrected chi connectivity index (χ1v) is 21.3. The number of aromatic nitrogens is 2. The SMILES string of the molecule is COc1ccc2[nH]cc(C(=O)C(=O)NCCCN(CCCCCCCCN(CCCNC(=O)C(=O)c3c[nH]c4ccc(OC)cc34)C(=O)OC(C)(C)C)C(=O)OC(C)(C)C)c2c1. The standard InChI is InChI=1S/C46H64N6O10/c1-45(2,3)61-43(57)51(25-15-21-47-41(55)39(53)35-29-49-37-19-17-31(59-7)27-33(35)37)23-13-11-9-10-12-14-24-52(44(58)62-46(4,5)6)26-16-22-48-42(56)40(54)36-30-50-38-20-18-32(60-8)28-34(36)38/h17-20,27-30,49-50H,9-16,21-26H2,1-8H3,(H,47,55)(H,48,56). The van der Waals surface area contributed by atoms with Crippen molar-refractivity contribution in [3.05, 3.63) is 59.9 Å². The van der Waals surface area contributed by atoms with Crippen LogP contribution in [0.15, 0.2) is 48.8 Å². The molecule has 0 bridgehead atoms. The Hall–Kier alpha value is -6.06. The van der Waals surface area contributed by atoms with Crippen LogP contribution in [0.2, 0.25) is 0 Å². The van der Waals surface area contributed by atoms with Crippen molar-refractivity contribution in [3.63, 3.8) is 0 Å². The van der Waals surface area contributed by atoms with Gasteiger partial charge in [0.05, 0.1) is 25.3 Å². The number of methoxy groups -OCH3 is 2. The molecule has 4 rings (SSSR count). The first kappa shape index (κ1) is 48.6. The van der Waals surface area contributed by atoms with Gasteiger partial charge in [0.1, 0.15) is 22.7 Å². The summed E-state index contributed by atoms with van der Waals surface area (Å²) in [5, 5.41) is 6.56. The summed E-state index contributed by atoms with van der Waals surface area (Å²) in [7, 11) is 3.06. The molecule has 0 fully saturated rings. The quantitative estimate of drug-likeness (QED) is 0.0328. The number of ether oxygens (including phenoxy) is 4. The molecule has 16 heteroatoms. The van der Waals surface area contributed by atoms with Gasteiger partial charge in [-0.15, -0.1) is 0 Å².